The largest absolute Gasteiger partial charge is 0.496 e. The van der Waals surface area contributed by atoms with Crippen LogP contribution in [0.4, 0.5) is 11.4 Å². The number of nitrogens with zero attached hydrogens (tertiary/aromatic N) is 2. The van der Waals surface area contributed by atoms with Crippen LogP contribution in [0.15, 0.2) is 41.4 Å². The van der Waals surface area contributed by atoms with Gasteiger partial charge in [-0.1, -0.05) is 17.7 Å². The number of aliphatic hydroxyl groups excluding tert-OH is 1. The van der Waals surface area contributed by atoms with Gasteiger partial charge in [0.1, 0.15) is 11.9 Å². The van der Waals surface area contributed by atoms with Crippen LogP contribution >= 0.6 is 11.6 Å². The van der Waals surface area contributed by atoms with E-state index in [1.165, 1.54) is 11.3 Å². The van der Waals surface area contributed by atoms with Crippen molar-refractivity contribution >= 4 is 29.2 Å². The van der Waals surface area contributed by atoms with Crippen molar-refractivity contribution in [1.29, 1.82) is 0 Å². The van der Waals surface area contributed by atoms with E-state index in [9.17, 15) is 5.11 Å². The Morgan fingerprint density at radius 2 is 2.16 bits per heavy atom. The third-order valence-corrected chi connectivity index (χ3v) is 5.08. The molecule has 0 saturated heterocycles. The molecular weight excluding hydrogens is 336 g/mol. The molecule has 1 heterocycles. The van der Waals surface area contributed by atoms with E-state index in [2.05, 4.69) is 29.9 Å². The molecular formula is C20H23ClN2O2. The fourth-order valence-electron chi connectivity index (χ4n) is 3.22. The van der Waals surface area contributed by atoms with Gasteiger partial charge in [-0.05, 0) is 50.1 Å². The number of hydrogen-bond acceptors (Lipinski definition) is 4. The second kappa shape index (κ2) is 7.46. The average molecular weight is 359 g/mol. The second-order valence-corrected chi connectivity index (χ2v) is 6.82. The number of anilines is 1. The van der Waals surface area contributed by atoms with Gasteiger partial charge in [0.25, 0.3) is 0 Å². The van der Waals surface area contributed by atoms with Gasteiger partial charge in [0, 0.05) is 41.1 Å². The molecule has 1 aliphatic rings. The monoisotopic (exact) mass is 358 g/mol. The first kappa shape index (κ1) is 17.8. The van der Waals surface area contributed by atoms with Crippen molar-refractivity contribution in [3.05, 3.63) is 52.5 Å². The number of benzene rings is 2. The van der Waals surface area contributed by atoms with E-state index in [4.69, 9.17) is 16.3 Å². The van der Waals surface area contributed by atoms with Crippen molar-refractivity contribution in [1.82, 2.24) is 0 Å². The van der Waals surface area contributed by atoms with Crippen LogP contribution in [0.25, 0.3) is 0 Å². The van der Waals surface area contributed by atoms with Gasteiger partial charge < -0.3 is 14.7 Å². The molecule has 0 radical (unpaired) electrons. The molecule has 2 atom stereocenters. The Morgan fingerprint density at radius 1 is 1.36 bits per heavy atom. The maximum absolute atomic E-state index is 10.5. The van der Waals surface area contributed by atoms with Crippen LogP contribution in [0.3, 0.4) is 0 Å². The maximum Gasteiger partial charge on any atom is 0.125 e. The zero-order valence-corrected chi connectivity index (χ0v) is 15.5. The van der Waals surface area contributed by atoms with Crippen molar-refractivity contribution < 1.29 is 9.84 Å². The first-order valence-electron chi connectivity index (χ1n) is 8.41. The summed E-state index contributed by atoms with van der Waals surface area (Å²) in [5.74, 6) is 0.590. The Balaban J connectivity index is 1.89. The SMILES string of the molecule is COc1ccc(Cl)cc1C(O)C=Nc1cccc2c1CCC(C)N2C. The van der Waals surface area contributed by atoms with Crippen LogP contribution in [-0.2, 0) is 6.42 Å². The Bertz CT molecular complexity index is 791. The summed E-state index contributed by atoms with van der Waals surface area (Å²) in [6, 6.07) is 11.8. The lowest BCUT2D eigenvalue weighted by Crippen LogP contribution is -2.33. The van der Waals surface area contributed by atoms with Crippen molar-refractivity contribution in [3.63, 3.8) is 0 Å². The summed E-state index contributed by atoms with van der Waals surface area (Å²) in [4.78, 5) is 6.85. The number of halogens is 1. The number of fused-ring (bicyclic) bond motifs is 1. The lowest BCUT2D eigenvalue weighted by molar-refractivity contribution is 0.246. The van der Waals surface area contributed by atoms with E-state index < -0.39 is 6.10 Å². The van der Waals surface area contributed by atoms with Crippen molar-refractivity contribution in [3.8, 4) is 5.75 Å². The topological polar surface area (TPSA) is 45.1 Å². The van der Waals surface area contributed by atoms with E-state index in [1.807, 2.05) is 12.1 Å². The molecule has 0 aromatic heterocycles. The fourth-order valence-corrected chi connectivity index (χ4v) is 3.40. The number of rotatable bonds is 4. The second-order valence-electron chi connectivity index (χ2n) is 6.38. The van der Waals surface area contributed by atoms with Crippen LogP contribution in [0.5, 0.6) is 5.75 Å². The summed E-state index contributed by atoms with van der Waals surface area (Å²) in [7, 11) is 3.68. The first-order valence-corrected chi connectivity index (χ1v) is 8.79. The van der Waals surface area contributed by atoms with Gasteiger partial charge in [-0.3, -0.25) is 4.99 Å². The summed E-state index contributed by atoms with van der Waals surface area (Å²) >= 11 is 6.04. The summed E-state index contributed by atoms with van der Waals surface area (Å²) in [5, 5.41) is 11.1. The minimum Gasteiger partial charge on any atom is -0.496 e. The number of ether oxygens (including phenoxy) is 1. The molecule has 0 saturated carbocycles. The molecule has 3 rings (SSSR count). The highest BCUT2D eigenvalue weighted by Crippen LogP contribution is 2.36. The van der Waals surface area contributed by atoms with E-state index in [0.29, 0.717) is 22.4 Å². The summed E-state index contributed by atoms with van der Waals surface area (Å²) < 4.78 is 5.30. The van der Waals surface area contributed by atoms with Crippen LogP contribution in [0.1, 0.15) is 30.6 Å². The Hall–Kier alpha value is -2.04. The number of methoxy groups -OCH3 is 1. The molecule has 2 aromatic carbocycles. The Kier molecular flexibility index (Phi) is 5.30. The van der Waals surface area contributed by atoms with E-state index in [0.717, 1.165) is 18.5 Å². The molecule has 1 N–H and O–H groups in total. The van der Waals surface area contributed by atoms with Crippen molar-refractivity contribution in [2.24, 2.45) is 4.99 Å². The molecule has 0 amide bonds. The fraction of sp³-hybridized carbons (Fsp3) is 0.350. The number of aliphatic imine (C=N–C) groups is 1. The van der Waals surface area contributed by atoms with Gasteiger partial charge in [-0.25, -0.2) is 0 Å². The minimum absolute atomic E-state index is 0.521. The molecule has 132 valence electrons. The normalized spacial score (nSPS) is 18.3. The van der Waals surface area contributed by atoms with E-state index in [-0.39, 0.29) is 0 Å². The molecule has 0 bridgehead atoms. The summed E-state index contributed by atoms with van der Waals surface area (Å²) in [6.07, 6.45) is 2.75. The van der Waals surface area contributed by atoms with Crippen LogP contribution in [0, 0.1) is 0 Å². The molecule has 2 aromatic rings. The molecule has 4 nitrogen and oxygen atoms in total. The van der Waals surface area contributed by atoms with Gasteiger partial charge in [-0.15, -0.1) is 0 Å². The van der Waals surface area contributed by atoms with E-state index in [1.54, 1.807) is 31.5 Å². The third-order valence-electron chi connectivity index (χ3n) is 4.85. The predicted octanol–water partition coefficient (Wildman–Crippen LogP) is 4.56. The highest BCUT2D eigenvalue weighted by Gasteiger charge is 2.21. The molecule has 5 heteroatoms. The van der Waals surface area contributed by atoms with Gasteiger partial charge in [-0.2, -0.15) is 0 Å². The standard InChI is InChI=1S/C20H23ClN2O2/c1-13-7-9-15-17(5-4-6-18(15)23(13)2)22-12-19(24)16-11-14(21)8-10-20(16)25-3/h4-6,8,10-13,19,24H,7,9H2,1-3H3. The molecule has 1 aliphatic heterocycles. The van der Waals surface area contributed by atoms with Crippen molar-refractivity contribution in [2.45, 2.75) is 31.9 Å². The van der Waals surface area contributed by atoms with Gasteiger partial charge >= 0.3 is 0 Å². The average Bonchev–Trinajstić information content (AvgIpc) is 2.62. The van der Waals surface area contributed by atoms with Crippen LogP contribution < -0.4 is 9.64 Å². The van der Waals surface area contributed by atoms with Gasteiger partial charge in [0.2, 0.25) is 0 Å². The van der Waals surface area contributed by atoms with E-state index >= 15 is 0 Å². The highest BCUT2D eigenvalue weighted by molar-refractivity contribution is 6.30. The molecule has 0 fully saturated rings. The smallest absolute Gasteiger partial charge is 0.125 e. The molecule has 2 unspecified atom stereocenters. The summed E-state index contributed by atoms with van der Waals surface area (Å²) in [5.41, 5.74) is 3.94. The third kappa shape index (κ3) is 3.65. The predicted molar refractivity (Wildman–Crippen MR) is 104 cm³/mol. The lowest BCUT2D eigenvalue weighted by Gasteiger charge is -2.34. The number of aliphatic hydroxyl groups is 1. The summed E-state index contributed by atoms with van der Waals surface area (Å²) in [6.45, 7) is 2.23. The van der Waals surface area contributed by atoms with Crippen molar-refractivity contribution in [2.75, 3.05) is 19.1 Å². The Labute approximate surface area is 153 Å². The van der Waals surface area contributed by atoms with Crippen LogP contribution in [0.2, 0.25) is 5.02 Å². The van der Waals surface area contributed by atoms with Crippen LogP contribution in [-0.4, -0.2) is 31.5 Å². The highest BCUT2D eigenvalue weighted by atomic mass is 35.5. The van der Waals surface area contributed by atoms with Gasteiger partial charge in [0.05, 0.1) is 12.8 Å². The first-order chi connectivity index (χ1) is 12.0. The molecule has 25 heavy (non-hydrogen) atoms. The van der Waals surface area contributed by atoms with Gasteiger partial charge in [0.15, 0.2) is 0 Å². The molecule has 0 spiro atoms. The zero-order chi connectivity index (χ0) is 18.0. The Morgan fingerprint density at radius 3 is 2.92 bits per heavy atom. The zero-order valence-electron chi connectivity index (χ0n) is 14.7. The quantitative estimate of drug-likeness (QED) is 0.815. The maximum atomic E-state index is 10.5. The molecule has 0 aliphatic carbocycles. The lowest BCUT2D eigenvalue weighted by atomic mass is 9.96. The minimum atomic E-state index is -0.884. The number of hydrogen-bond donors (Lipinski definition) is 1.